The van der Waals surface area contributed by atoms with Gasteiger partial charge < -0.3 is 9.80 Å². The standard InChI is InChI=1S/C13H20N2O2/c1-3-9-14(2)12(16)8-6-11-15-10-5-4-7-13(15)17/h1H,4-11H2,2H3. The van der Waals surface area contributed by atoms with Gasteiger partial charge in [0.2, 0.25) is 11.8 Å². The van der Waals surface area contributed by atoms with Crippen LogP contribution >= 0.6 is 0 Å². The topological polar surface area (TPSA) is 40.6 Å². The van der Waals surface area contributed by atoms with E-state index in [1.165, 1.54) is 4.90 Å². The van der Waals surface area contributed by atoms with Crippen molar-refractivity contribution in [1.29, 1.82) is 0 Å². The van der Waals surface area contributed by atoms with E-state index in [4.69, 9.17) is 6.42 Å². The molecule has 0 spiro atoms. The van der Waals surface area contributed by atoms with Crippen molar-refractivity contribution in [1.82, 2.24) is 9.80 Å². The first-order valence-corrected chi connectivity index (χ1v) is 6.10. The predicted molar refractivity (Wildman–Crippen MR) is 66.1 cm³/mol. The zero-order chi connectivity index (χ0) is 12.7. The molecule has 0 aromatic heterocycles. The molecule has 17 heavy (non-hydrogen) atoms. The third-order valence-corrected chi connectivity index (χ3v) is 2.99. The van der Waals surface area contributed by atoms with Crippen molar-refractivity contribution in [2.75, 3.05) is 26.7 Å². The maximum absolute atomic E-state index is 11.6. The summed E-state index contributed by atoms with van der Waals surface area (Å²) >= 11 is 0. The number of rotatable bonds is 5. The quantitative estimate of drug-likeness (QED) is 0.665. The molecule has 0 aliphatic carbocycles. The summed E-state index contributed by atoms with van der Waals surface area (Å²) in [6, 6.07) is 0. The second-order valence-electron chi connectivity index (χ2n) is 4.40. The molecule has 0 unspecified atom stereocenters. The van der Waals surface area contributed by atoms with Crippen molar-refractivity contribution in [3.05, 3.63) is 0 Å². The highest BCUT2D eigenvalue weighted by atomic mass is 16.2. The van der Waals surface area contributed by atoms with E-state index in [1.54, 1.807) is 7.05 Å². The molecule has 0 radical (unpaired) electrons. The van der Waals surface area contributed by atoms with Gasteiger partial charge in [0.05, 0.1) is 6.54 Å². The molecule has 1 rings (SSSR count). The molecule has 0 N–H and O–H groups in total. The molecule has 0 saturated carbocycles. The minimum Gasteiger partial charge on any atom is -0.343 e. The molecule has 1 aliphatic heterocycles. The summed E-state index contributed by atoms with van der Waals surface area (Å²) in [4.78, 5) is 26.5. The van der Waals surface area contributed by atoms with E-state index >= 15 is 0 Å². The number of nitrogens with zero attached hydrogens (tertiary/aromatic N) is 2. The van der Waals surface area contributed by atoms with Crippen LogP contribution in [0, 0.1) is 12.3 Å². The third kappa shape index (κ3) is 4.48. The second kappa shape index (κ2) is 6.95. The smallest absolute Gasteiger partial charge is 0.223 e. The molecule has 0 atom stereocenters. The molecule has 0 bridgehead atoms. The number of hydrogen-bond donors (Lipinski definition) is 0. The van der Waals surface area contributed by atoms with Crippen LogP contribution < -0.4 is 0 Å². The van der Waals surface area contributed by atoms with E-state index in [0.717, 1.165) is 25.8 Å². The summed E-state index contributed by atoms with van der Waals surface area (Å²) in [5, 5.41) is 0. The van der Waals surface area contributed by atoms with Gasteiger partial charge in [-0.2, -0.15) is 0 Å². The maximum atomic E-state index is 11.6. The first-order valence-electron chi connectivity index (χ1n) is 6.10. The number of hydrogen-bond acceptors (Lipinski definition) is 2. The van der Waals surface area contributed by atoms with Gasteiger partial charge in [-0.1, -0.05) is 5.92 Å². The lowest BCUT2D eigenvalue weighted by Crippen LogP contribution is -2.36. The molecule has 1 heterocycles. The summed E-state index contributed by atoms with van der Waals surface area (Å²) < 4.78 is 0. The van der Waals surface area contributed by atoms with Gasteiger partial charge in [-0.05, 0) is 19.3 Å². The molecule has 94 valence electrons. The average Bonchev–Trinajstić information content (AvgIpc) is 2.31. The zero-order valence-electron chi connectivity index (χ0n) is 10.4. The Morgan fingerprint density at radius 1 is 1.53 bits per heavy atom. The Balaban J connectivity index is 2.21. The number of piperidine rings is 1. The van der Waals surface area contributed by atoms with Crippen molar-refractivity contribution in [3.8, 4) is 12.3 Å². The van der Waals surface area contributed by atoms with Crippen LogP contribution in [0.2, 0.25) is 0 Å². The summed E-state index contributed by atoms with van der Waals surface area (Å²) in [5.74, 6) is 2.71. The van der Waals surface area contributed by atoms with Gasteiger partial charge in [-0.3, -0.25) is 9.59 Å². The fraction of sp³-hybridized carbons (Fsp3) is 0.692. The first kappa shape index (κ1) is 13.6. The Morgan fingerprint density at radius 3 is 2.94 bits per heavy atom. The van der Waals surface area contributed by atoms with Crippen LogP contribution in [0.1, 0.15) is 32.1 Å². The number of amides is 2. The maximum Gasteiger partial charge on any atom is 0.223 e. The van der Waals surface area contributed by atoms with Crippen molar-refractivity contribution in [2.45, 2.75) is 32.1 Å². The Morgan fingerprint density at radius 2 is 2.29 bits per heavy atom. The zero-order valence-corrected chi connectivity index (χ0v) is 10.4. The minimum absolute atomic E-state index is 0.0485. The van der Waals surface area contributed by atoms with Gasteiger partial charge in [-0.15, -0.1) is 6.42 Å². The van der Waals surface area contributed by atoms with Crippen molar-refractivity contribution < 1.29 is 9.59 Å². The normalized spacial score (nSPS) is 15.5. The third-order valence-electron chi connectivity index (χ3n) is 2.99. The molecule has 1 fully saturated rings. The molecule has 0 aromatic rings. The highest BCUT2D eigenvalue weighted by Crippen LogP contribution is 2.11. The van der Waals surface area contributed by atoms with E-state index < -0.39 is 0 Å². The van der Waals surface area contributed by atoms with E-state index in [-0.39, 0.29) is 11.8 Å². The molecule has 4 heteroatoms. The van der Waals surface area contributed by atoms with Crippen molar-refractivity contribution >= 4 is 11.8 Å². The largest absolute Gasteiger partial charge is 0.343 e. The summed E-state index contributed by atoms with van der Waals surface area (Å²) in [5.41, 5.74) is 0. The summed E-state index contributed by atoms with van der Waals surface area (Å²) in [6.45, 7) is 1.88. The number of likely N-dealkylation sites (tertiary alicyclic amines) is 1. The van der Waals surface area contributed by atoms with Crippen LogP contribution in [-0.2, 0) is 9.59 Å². The highest BCUT2D eigenvalue weighted by Gasteiger charge is 2.17. The van der Waals surface area contributed by atoms with Gasteiger partial charge in [-0.25, -0.2) is 0 Å². The van der Waals surface area contributed by atoms with E-state index in [9.17, 15) is 9.59 Å². The lowest BCUT2D eigenvalue weighted by molar-refractivity contribution is -0.134. The Hall–Kier alpha value is -1.50. The van der Waals surface area contributed by atoms with Crippen LogP contribution in [0.4, 0.5) is 0 Å². The van der Waals surface area contributed by atoms with Gasteiger partial charge in [0.15, 0.2) is 0 Å². The predicted octanol–water partition coefficient (Wildman–Crippen LogP) is 0.871. The van der Waals surface area contributed by atoms with Gasteiger partial charge >= 0.3 is 0 Å². The van der Waals surface area contributed by atoms with Crippen LogP contribution in [0.25, 0.3) is 0 Å². The van der Waals surface area contributed by atoms with Crippen LogP contribution in [-0.4, -0.2) is 48.3 Å². The number of carbonyl (C=O) groups excluding carboxylic acids is 2. The van der Waals surface area contributed by atoms with Gasteiger partial charge in [0.1, 0.15) is 0 Å². The van der Waals surface area contributed by atoms with Crippen LogP contribution in [0.15, 0.2) is 0 Å². The monoisotopic (exact) mass is 236 g/mol. The lowest BCUT2D eigenvalue weighted by atomic mass is 10.1. The molecular weight excluding hydrogens is 216 g/mol. The summed E-state index contributed by atoms with van der Waals surface area (Å²) in [6.07, 6.45) is 9.05. The Kier molecular flexibility index (Phi) is 5.55. The van der Waals surface area contributed by atoms with E-state index in [0.29, 0.717) is 25.9 Å². The van der Waals surface area contributed by atoms with Crippen LogP contribution in [0.3, 0.4) is 0 Å². The molecule has 1 aliphatic rings. The molecule has 0 aromatic carbocycles. The Labute approximate surface area is 103 Å². The number of carbonyl (C=O) groups is 2. The fourth-order valence-corrected chi connectivity index (χ4v) is 1.94. The Bertz CT molecular complexity index is 320. The van der Waals surface area contributed by atoms with Crippen LogP contribution in [0.5, 0.6) is 0 Å². The van der Waals surface area contributed by atoms with Crippen molar-refractivity contribution in [2.24, 2.45) is 0 Å². The second-order valence-corrected chi connectivity index (χ2v) is 4.40. The van der Waals surface area contributed by atoms with Crippen molar-refractivity contribution in [3.63, 3.8) is 0 Å². The molecular formula is C13H20N2O2. The number of terminal acetylenes is 1. The fourth-order valence-electron chi connectivity index (χ4n) is 1.94. The average molecular weight is 236 g/mol. The van der Waals surface area contributed by atoms with E-state index in [2.05, 4.69) is 5.92 Å². The highest BCUT2D eigenvalue weighted by molar-refractivity contribution is 5.77. The van der Waals surface area contributed by atoms with Gasteiger partial charge in [0, 0.05) is 33.0 Å². The summed E-state index contributed by atoms with van der Waals surface area (Å²) in [7, 11) is 1.70. The first-order chi connectivity index (χ1) is 8.15. The molecule has 2 amide bonds. The molecule has 1 saturated heterocycles. The lowest BCUT2D eigenvalue weighted by Gasteiger charge is -2.26. The van der Waals surface area contributed by atoms with Gasteiger partial charge in [0.25, 0.3) is 0 Å². The SMILES string of the molecule is C#CCN(C)C(=O)CCCN1CCCCC1=O. The minimum atomic E-state index is 0.0485. The molecule has 4 nitrogen and oxygen atoms in total. The van der Waals surface area contributed by atoms with E-state index in [1.807, 2.05) is 4.90 Å².